The van der Waals surface area contributed by atoms with Crippen molar-refractivity contribution < 1.29 is 23.9 Å². The van der Waals surface area contributed by atoms with E-state index in [1.54, 1.807) is 72.8 Å². The number of imide groups is 1. The lowest BCUT2D eigenvalue weighted by Gasteiger charge is -2.13. The molecule has 1 aliphatic rings. The Morgan fingerprint density at radius 2 is 1.49 bits per heavy atom. The first-order valence-corrected chi connectivity index (χ1v) is 13.2. The van der Waals surface area contributed by atoms with Crippen molar-refractivity contribution in [3.63, 3.8) is 0 Å². The summed E-state index contributed by atoms with van der Waals surface area (Å²) >= 11 is 6.06. The standard InChI is InChI=1S/C34H22ClNO5/c35-27-9-5-10-28(21-27)36-32(37)20-26(33(36)38)18-25-8-3-4-11-31(25)40-29-15-13-23(14-16-29)34(39)41-30-17-12-22-6-1-2-7-24(22)19-30/h1-19,21H,20H2/b26-18-. The fourth-order valence-corrected chi connectivity index (χ4v) is 4.81. The van der Waals surface area contributed by atoms with Crippen molar-refractivity contribution in [2.24, 2.45) is 0 Å². The molecule has 1 saturated heterocycles. The summed E-state index contributed by atoms with van der Waals surface area (Å²) in [5.74, 6) is 0.241. The van der Waals surface area contributed by atoms with E-state index in [0.29, 0.717) is 44.7 Å². The Hall–Kier alpha value is -5.20. The molecule has 0 unspecified atom stereocenters. The summed E-state index contributed by atoms with van der Waals surface area (Å²) in [6, 6.07) is 33.8. The molecule has 200 valence electrons. The molecule has 0 atom stereocenters. The van der Waals surface area contributed by atoms with Gasteiger partial charge in [-0.1, -0.05) is 66.2 Å². The van der Waals surface area contributed by atoms with Crippen LogP contribution in [0.15, 0.2) is 121 Å². The van der Waals surface area contributed by atoms with Crippen LogP contribution in [0.3, 0.4) is 0 Å². The highest BCUT2D eigenvalue weighted by Crippen LogP contribution is 2.32. The van der Waals surface area contributed by atoms with Crippen molar-refractivity contribution in [2.75, 3.05) is 4.90 Å². The van der Waals surface area contributed by atoms with Crippen LogP contribution in [0, 0.1) is 0 Å². The van der Waals surface area contributed by atoms with Crippen molar-refractivity contribution in [1.29, 1.82) is 0 Å². The van der Waals surface area contributed by atoms with Crippen LogP contribution in [0.4, 0.5) is 5.69 Å². The van der Waals surface area contributed by atoms with Crippen LogP contribution in [0.2, 0.25) is 5.02 Å². The number of fused-ring (bicyclic) bond motifs is 1. The van der Waals surface area contributed by atoms with Crippen LogP contribution in [0.25, 0.3) is 16.8 Å². The molecule has 0 N–H and O–H groups in total. The second-order valence-corrected chi connectivity index (χ2v) is 9.86. The van der Waals surface area contributed by atoms with Crippen molar-refractivity contribution >= 4 is 51.9 Å². The molecule has 5 aromatic rings. The minimum atomic E-state index is -0.481. The normalized spacial score (nSPS) is 14.1. The summed E-state index contributed by atoms with van der Waals surface area (Å²) in [6.45, 7) is 0. The summed E-state index contributed by atoms with van der Waals surface area (Å²) in [5, 5.41) is 2.48. The molecular formula is C34H22ClNO5. The third kappa shape index (κ3) is 5.60. The van der Waals surface area contributed by atoms with Gasteiger partial charge < -0.3 is 9.47 Å². The predicted octanol–water partition coefficient (Wildman–Crippen LogP) is 7.85. The molecule has 1 aliphatic heterocycles. The first-order valence-electron chi connectivity index (χ1n) is 12.9. The maximum absolute atomic E-state index is 13.1. The van der Waals surface area contributed by atoms with E-state index in [2.05, 4.69) is 0 Å². The Balaban J connectivity index is 1.17. The van der Waals surface area contributed by atoms with Gasteiger partial charge in [-0.3, -0.25) is 9.59 Å². The van der Waals surface area contributed by atoms with Crippen LogP contribution >= 0.6 is 11.6 Å². The van der Waals surface area contributed by atoms with E-state index in [9.17, 15) is 14.4 Å². The minimum absolute atomic E-state index is 0.0340. The molecule has 2 amide bonds. The van der Waals surface area contributed by atoms with E-state index in [-0.39, 0.29) is 12.3 Å². The van der Waals surface area contributed by atoms with E-state index in [0.717, 1.165) is 15.7 Å². The van der Waals surface area contributed by atoms with E-state index in [1.165, 1.54) is 0 Å². The lowest BCUT2D eigenvalue weighted by Crippen LogP contribution is -2.28. The molecule has 1 heterocycles. The second kappa shape index (κ2) is 11.1. The van der Waals surface area contributed by atoms with Crippen LogP contribution in [0.1, 0.15) is 22.3 Å². The average Bonchev–Trinajstić information content (AvgIpc) is 3.26. The largest absolute Gasteiger partial charge is 0.457 e. The molecule has 0 bridgehead atoms. The SMILES string of the molecule is O=C(Oc1ccc2ccccc2c1)c1ccc(Oc2ccccc2/C=C2/CC(=O)N(c3cccc(Cl)c3)C2=O)cc1. The fourth-order valence-electron chi connectivity index (χ4n) is 4.63. The monoisotopic (exact) mass is 559 g/mol. The summed E-state index contributed by atoms with van der Waals surface area (Å²) in [5.41, 5.74) is 1.78. The summed E-state index contributed by atoms with van der Waals surface area (Å²) in [6.07, 6.45) is 1.63. The maximum atomic E-state index is 13.1. The van der Waals surface area contributed by atoms with Gasteiger partial charge >= 0.3 is 5.97 Å². The lowest BCUT2D eigenvalue weighted by atomic mass is 10.1. The van der Waals surface area contributed by atoms with Crippen molar-refractivity contribution in [3.05, 3.63) is 137 Å². The third-order valence-corrected chi connectivity index (χ3v) is 6.87. The van der Waals surface area contributed by atoms with Crippen molar-refractivity contribution in [1.82, 2.24) is 0 Å². The van der Waals surface area contributed by atoms with Crippen LogP contribution < -0.4 is 14.4 Å². The molecule has 41 heavy (non-hydrogen) atoms. The Labute approximate surface area is 241 Å². The number of para-hydroxylation sites is 1. The van der Waals surface area contributed by atoms with Gasteiger partial charge in [0.1, 0.15) is 17.2 Å². The smallest absolute Gasteiger partial charge is 0.343 e. The van der Waals surface area contributed by atoms with Crippen molar-refractivity contribution in [3.8, 4) is 17.2 Å². The van der Waals surface area contributed by atoms with Gasteiger partial charge in [0.2, 0.25) is 5.91 Å². The topological polar surface area (TPSA) is 72.9 Å². The Bertz CT molecular complexity index is 1840. The maximum Gasteiger partial charge on any atom is 0.343 e. The molecule has 5 aromatic carbocycles. The molecule has 1 fully saturated rings. The molecule has 0 aromatic heterocycles. The number of ether oxygens (including phenoxy) is 2. The fraction of sp³-hybridized carbons (Fsp3) is 0.0294. The molecular weight excluding hydrogens is 538 g/mol. The molecule has 0 aliphatic carbocycles. The highest BCUT2D eigenvalue weighted by atomic mass is 35.5. The second-order valence-electron chi connectivity index (χ2n) is 9.42. The summed E-state index contributed by atoms with van der Waals surface area (Å²) < 4.78 is 11.7. The average molecular weight is 560 g/mol. The number of esters is 1. The molecule has 7 heteroatoms. The molecule has 6 nitrogen and oxygen atoms in total. The Morgan fingerprint density at radius 1 is 0.756 bits per heavy atom. The Kier molecular flexibility index (Phi) is 7.06. The number of halogens is 1. The summed E-state index contributed by atoms with van der Waals surface area (Å²) in [7, 11) is 0. The van der Waals surface area contributed by atoms with Gasteiger partial charge in [0, 0.05) is 16.2 Å². The van der Waals surface area contributed by atoms with Gasteiger partial charge in [-0.2, -0.15) is 0 Å². The van der Waals surface area contributed by atoms with E-state index < -0.39 is 11.9 Å². The minimum Gasteiger partial charge on any atom is -0.457 e. The molecule has 0 saturated carbocycles. The highest BCUT2D eigenvalue weighted by Gasteiger charge is 2.35. The third-order valence-electron chi connectivity index (χ3n) is 6.63. The summed E-state index contributed by atoms with van der Waals surface area (Å²) in [4.78, 5) is 39.7. The zero-order valence-corrected chi connectivity index (χ0v) is 22.4. The number of anilines is 1. The van der Waals surface area contributed by atoms with E-state index in [4.69, 9.17) is 21.1 Å². The Morgan fingerprint density at radius 3 is 2.29 bits per heavy atom. The first kappa shape index (κ1) is 26.0. The van der Waals surface area contributed by atoms with Crippen LogP contribution in [-0.4, -0.2) is 17.8 Å². The van der Waals surface area contributed by atoms with Gasteiger partial charge in [-0.15, -0.1) is 0 Å². The highest BCUT2D eigenvalue weighted by molar-refractivity contribution is 6.32. The molecule has 0 radical (unpaired) electrons. The number of amides is 2. The van der Waals surface area contributed by atoms with Gasteiger partial charge in [0.25, 0.3) is 5.91 Å². The molecule has 6 rings (SSSR count). The number of nitrogens with zero attached hydrogens (tertiary/aromatic N) is 1. The van der Waals surface area contributed by atoms with Crippen LogP contribution in [-0.2, 0) is 9.59 Å². The van der Waals surface area contributed by atoms with Gasteiger partial charge in [-0.05, 0) is 77.5 Å². The number of hydrogen-bond acceptors (Lipinski definition) is 5. The van der Waals surface area contributed by atoms with E-state index in [1.807, 2.05) is 48.5 Å². The zero-order chi connectivity index (χ0) is 28.3. The number of rotatable bonds is 6. The molecule has 0 spiro atoms. The van der Waals surface area contributed by atoms with Gasteiger partial charge in [0.15, 0.2) is 0 Å². The van der Waals surface area contributed by atoms with Crippen molar-refractivity contribution in [2.45, 2.75) is 6.42 Å². The first-order chi connectivity index (χ1) is 19.9. The zero-order valence-electron chi connectivity index (χ0n) is 21.6. The predicted molar refractivity (Wildman–Crippen MR) is 158 cm³/mol. The van der Waals surface area contributed by atoms with Gasteiger partial charge in [-0.25, -0.2) is 9.69 Å². The number of carbonyl (C=O) groups excluding carboxylic acids is 3. The number of benzene rings is 5. The van der Waals surface area contributed by atoms with E-state index >= 15 is 0 Å². The number of hydrogen-bond donors (Lipinski definition) is 0. The van der Waals surface area contributed by atoms with Gasteiger partial charge in [0.05, 0.1) is 17.7 Å². The quantitative estimate of drug-likeness (QED) is 0.0916. The lowest BCUT2D eigenvalue weighted by molar-refractivity contribution is -0.120. The number of carbonyl (C=O) groups is 3. The van der Waals surface area contributed by atoms with Crippen LogP contribution in [0.5, 0.6) is 17.2 Å².